The summed E-state index contributed by atoms with van der Waals surface area (Å²) in [7, 11) is 0. The van der Waals surface area contributed by atoms with Crippen LogP contribution in [0.2, 0.25) is 0 Å². The van der Waals surface area contributed by atoms with E-state index in [2.05, 4.69) is 23.9 Å². The van der Waals surface area contributed by atoms with Crippen LogP contribution >= 0.6 is 0 Å². The molecule has 1 aromatic carbocycles. The van der Waals surface area contributed by atoms with Crippen molar-refractivity contribution in [2.45, 2.75) is 26.8 Å². The topological polar surface area (TPSA) is 76.7 Å². The van der Waals surface area contributed by atoms with Crippen LogP contribution in [0.4, 0.5) is 0 Å². The number of benzene rings is 1. The van der Waals surface area contributed by atoms with Crippen LogP contribution < -0.4 is 5.43 Å². The van der Waals surface area contributed by atoms with Crippen molar-refractivity contribution in [1.82, 2.24) is 19.7 Å². The van der Waals surface area contributed by atoms with Crippen molar-refractivity contribution < 1.29 is 4.42 Å². The first kappa shape index (κ1) is 15.8. The minimum atomic E-state index is -0.0333. The average Bonchev–Trinajstić information content (AvgIpc) is 3.25. The van der Waals surface area contributed by atoms with Gasteiger partial charge in [-0.1, -0.05) is 6.07 Å². The Kier molecular flexibility index (Phi) is 3.25. The van der Waals surface area contributed by atoms with E-state index in [4.69, 9.17) is 9.40 Å². The van der Waals surface area contributed by atoms with Crippen molar-refractivity contribution in [2.24, 2.45) is 0 Å². The van der Waals surface area contributed by atoms with Gasteiger partial charge in [0.25, 0.3) is 0 Å². The summed E-state index contributed by atoms with van der Waals surface area (Å²) >= 11 is 0. The Bertz CT molecular complexity index is 1370. The molecular weight excluding hydrogens is 340 g/mol. The second-order valence-corrected chi connectivity index (χ2v) is 7.05. The number of hydrogen-bond acceptors (Lipinski definition) is 4. The van der Waals surface area contributed by atoms with Gasteiger partial charge in [-0.2, -0.15) is 0 Å². The molecule has 0 atom stereocenters. The number of rotatable bonds is 2. The fourth-order valence-corrected chi connectivity index (χ4v) is 3.65. The van der Waals surface area contributed by atoms with Gasteiger partial charge in [0, 0.05) is 52.1 Å². The van der Waals surface area contributed by atoms with Crippen molar-refractivity contribution in [3.63, 3.8) is 0 Å². The van der Waals surface area contributed by atoms with E-state index in [0.29, 0.717) is 16.7 Å². The molecule has 0 amide bonds. The number of hydrogen-bond donors (Lipinski definition) is 1. The van der Waals surface area contributed by atoms with E-state index in [9.17, 15) is 4.79 Å². The van der Waals surface area contributed by atoms with Crippen molar-refractivity contribution in [3.05, 3.63) is 58.6 Å². The molecule has 27 heavy (non-hydrogen) atoms. The SMILES string of the molecule is Cc1c(=O)ccc2c1oc1c(-c3cccnc3)c3c[nH]n(C(C)C)c3nc12. The molecule has 4 heterocycles. The summed E-state index contributed by atoms with van der Waals surface area (Å²) in [5, 5.41) is 5.11. The molecule has 5 rings (SSSR count). The van der Waals surface area contributed by atoms with Crippen molar-refractivity contribution in [2.75, 3.05) is 0 Å². The number of aromatic nitrogens is 4. The van der Waals surface area contributed by atoms with Gasteiger partial charge in [-0.25, -0.2) is 4.98 Å². The molecule has 4 aromatic heterocycles. The summed E-state index contributed by atoms with van der Waals surface area (Å²) in [5.74, 6) is 0. The summed E-state index contributed by atoms with van der Waals surface area (Å²) in [6, 6.07) is 7.51. The molecule has 5 aromatic rings. The number of furan rings is 1. The van der Waals surface area contributed by atoms with E-state index in [1.54, 1.807) is 25.3 Å². The van der Waals surface area contributed by atoms with Crippen LogP contribution in [0, 0.1) is 6.92 Å². The van der Waals surface area contributed by atoms with Gasteiger partial charge in [0.15, 0.2) is 16.7 Å². The Morgan fingerprint density at radius 1 is 1.15 bits per heavy atom. The summed E-state index contributed by atoms with van der Waals surface area (Å²) in [4.78, 5) is 21.3. The Morgan fingerprint density at radius 3 is 2.74 bits per heavy atom. The normalized spacial score (nSPS) is 12.0. The van der Waals surface area contributed by atoms with Gasteiger partial charge < -0.3 is 9.52 Å². The predicted molar refractivity (Wildman–Crippen MR) is 106 cm³/mol. The number of aryl methyl sites for hydroxylation is 1. The van der Waals surface area contributed by atoms with Crippen LogP contribution in [-0.2, 0) is 0 Å². The highest BCUT2D eigenvalue weighted by molar-refractivity contribution is 6.14. The van der Waals surface area contributed by atoms with Crippen LogP contribution in [0.1, 0.15) is 25.5 Å². The molecule has 0 aliphatic heterocycles. The molecule has 0 radical (unpaired) electrons. The lowest BCUT2D eigenvalue weighted by Gasteiger charge is -2.09. The van der Waals surface area contributed by atoms with Gasteiger partial charge >= 0.3 is 0 Å². The van der Waals surface area contributed by atoms with Gasteiger partial charge in [0.05, 0.1) is 0 Å². The van der Waals surface area contributed by atoms with Crippen LogP contribution in [-0.4, -0.2) is 19.7 Å². The summed E-state index contributed by atoms with van der Waals surface area (Å²) in [5.41, 5.74) is 5.33. The smallest absolute Gasteiger partial charge is 0.185 e. The zero-order chi connectivity index (χ0) is 18.7. The summed E-state index contributed by atoms with van der Waals surface area (Å²) in [6.07, 6.45) is 5.51. The lowest BCUT2D eigenvalue weighted by atomic mass is 10.0. The first-order chi connectivity index (χ1) is 13.1. The lowest BCUT2D eigenvalue weighted by Crippen LogP contribution is -2.03. The molecule has 0 bridgehead atoms. The van der Waals surface area contributed by atoms with Gasteiger partial charge in [0.2, 0.25) is 0 Å². The van der Waals surface area contributed by atoms with Crippen LogP contribution in [0.15, 0.2) is 52.1 Å². The van der Waals surface area contributed by atoms with Gasteiger partial charge in [-0.3, -0.25) is 14.5 Å². The third-order valence-corrected chi connectivity index (χ3v) is 5.03. The van der Waals surface area contributed by atoms with E-state index in [1.165, 1.54) is 0 Å². The maximum Gasteiger partial charge on any atom is 0.185 e. The minimum Gasteiger partial charge on any atom is -0.453 e. The number of pyridine rings is 2. The monoisotopic (exact) mass is 358 g/mol. The molecule has 0 aliphatic carbocycles. The first-order valence-corrected chi connectivity index (χ1v) is 8.92. The molecule has 0 saturated heterocycles. The van der Waals surface area contributed by atoms with Gasteiger partial charge in [0.1, 0.15) is 11.1 Å². The maximum absolute atomic E-state index is 12.1. The number of fused-ring (bicyclic) bond motifs is 4. The maximum atomic E-state index is 12.1. The zero-order valence-electron chi connectivity index (χ0n) is 15.3. The highest BCUT2D eigenvalue weighted by Gasteiger charge is 2.21. The first-order valence-electron chi connectivity index (χ1n) is 8.92. The largest absolute Gasteiger partial charge is 0.453 e. The Morgan fingerprint density at radius 2 is 2.00 bits per heavy atom. The van der Waals surface area contributed by atoms with Crippen LogP contribution in [0.25, 0.3) is 44.2 Å². The minimum absolute atomic E-state index is 0.0333. The number of nitrogens with one attached hydrogen (secondary N) is 1. The molecule has 134 valence electrons. The quantitative estimate of drug-likeness (QED) is 0.501. The Hall–Kier alpha value is -3.41. The molecule has 6 heteroatoms. The van der Waals surface area contributed by atoms with E-state index in [1.807, 2.05) is 29.2 Å². The predicted octanol–water partition coefficient (Wildman–Crippen LogP) is 4.58. The molecule has 0 saturated carbocycles. The molecule has 0 aliphatic rings. The van der Waals surface area contributed by atoms with Crippen LogP contribution in [0.5, 0.6) is 0 Å². The summed E-state index contributed by atoms with van der Waals surface area (Å²) < 4.78 is 8.24. The van der Waals surface area contributed by atoms with Crippen molar-refractivity contribution in [3.8, 4) is 11.1 Å². The summed E-state index contributed by atoms with van der Waals surface area (Å²) in [6.45, 7) is 6.00. The van der Waals surface area contributed by atoms with Crippen molar-refractivity contribution >= 4 is 33.1 Å². The van der Waals surface area contributed by atoms with Gasteiger partial charge in [-0.05, 0) is 39.0 Å². The third-order valence-electron chi connectivity index (χ3n) is 5.03. The fourth-order valence-electron chi connectivity index (χ4n) is 3.65. The number of nitrogens with zero attached hydrogens (tertiary/aromatic N) is 3. The Labute approximate surface area is 154 Å². The second kappa shape index (κ2) is 5.54. The zero-order valence-corrected chi connectivity index (χ0v) is 15.3. The fraction of sp³-hybridized carbons (Fsp3) is 0.190. The van der Waals surface area contributed by atoms with Gasteiger partial charge in [-0.15, -0.1) is 0 Å². The van der Waals surface area contributed by atoms with E-state index >= 15 is 0 Å². The molecule has 0 spiro atoms. The molecule has 6 nitrogen and oxygen atoms in total. The molecule has 0 fully saturated rings. The highest BCUT2D eigenvalue weighted by Crippen LogP contribution is 2.39. The second-order valence-electron chi connectivity index (χ2n) is 7.05. The van der Waals surface area contributed by atoms with Crippen LogP contribution in [0.3, 0.4) is 0 Å². The third kappa shape index (κ3) is 2.16. The van der Waals surface area contributed by atoms with Crippen molar-refractivity contribution in [1.29, 1.82) is 0 Å². The van der Waals surface area contributed by atoms with E-state index in [-0.39, 0.29) is 11.5 Å². The molecule has 0 unspecified atom stereocenters. The number of H-pyrrole nitrogens is 1. The van der Waals surface area contributed by atoms with E-state index < -0.39 is 0 Å². The molecular formula is C21H18N4O2. The Balaban J connectivity index is 2.05. The number of aromatic amines is 1. The lowest BCUT2D eigenvalue weighted by molar-refractivity contribution is 0.547. The highest BCUT2D eigenvalue weighted by atomic mass is 16.3. The molecule has 1 N–H and O–H groups in total. The van der Waals surface area contributed by atoms with E-state index in [0.717, 1.165) is 33.1 Å². The standard InChI is InChI=1S/C21H18N4O2/c1-11(2)25-21-15(10-23-25)17(13-5-4-8-22-9-13)20-18(24-21)14-6-7-16(26)12(3)19(14)27-20/h4-11,23H,1-3H3. The average molecular weight is 358 g/mol.